The van der Waals surface area contributed by atoms with Gasteiger partial charge in [0.1, 0.15) is 0 Å². The van der Waals surface area contributed by atoms with Crippen molar-refractivity contribution in [2.45, 2.75) is 25.7 Å². The third-order valence-electron chi connectivity index (χ3n) is 4.58. The Labute approximate surface area is 135 Å². The third-order valence-corrected chi connectivity index (χ3v) is 5.96. The Morgan fingerprint density at radius 3 is 2.30 bits per heavy atom. The molecule has 0 N–H and O–H groups in total. The van der Waals surface area contributed by atoms with Crippen LogP contribution in [0.2, 0.25) is 0 Å². The van der Waals surface area contributed by atoms with Crippen LogP contribution in [0.1, 0.15) is 36.8 Å². The number of hydrogen-bond acceptors (Lipinski definition) is 0. The highest BCUT2D eigenvalue weighted by Gasteiger charge is 2.31. The van der Waals surface area contributed by atoms with Gasteiger partial charge in [0.2, 0.25) is 0 Å². The van der Waals surface area contributed by atoms with Crippen molar-refractivity contribution in [3.05, 3.63) is 68.1 Å². The number of hydrogen-bond donors (Lipinski definition) is 0. The zero-order valence-electron chi connectivity index (χ0n) is 11.4. The Bertz CT molecular complexity index is 779. The molecule has 2 atom stereocenters. The number of allylic oxidation sites excluding steroid dienone is 6. The molecule has 3 aliphatic carbocycles. The fourth-order valence-electron chi connectivity index (χ4n) is 3.62. The topological polar surface area (TPSA) is 0 Å². The molecule has 100 valence electrons. The van der Waals surface area contributed by atoms with Crippen LogP contribution in [0.15, 0.2) is 46.5 Å². The molecule has 3 aliphatic rings. The molecule has 0 bridgehead atoms. The minimum Gasteiger partial charge on any atom is -0.0760 e. The molecule has 1 aromatic carbocycles. The Morgan fingerprint density at radius 2 is 1.50 bits per heavy atom. The van der Waals surface area contributed by atoms with E-state index in [2.05, 4.69) is 82.1 Å². The second kappa shape index (κ2) is 4.32. The van der Waals surface area contributed by atoms with Gasteiger partial charge in [0.25, 0.3) is 0 Å². The van der Waals surface area contributed by atoms with Crippen molar-refractivity contribution in [3.8, 4) is 0 Å². The quantitative estimate of drug-likeness (QED) is 0.578. The first-order valence-electron chi connectivity index (χ1n) is 6.85. The maximum atomic E-state index is 3.76. The van der Waals surface area contributed by atoms with Crippen LogP contribution in [0.3, 0.4) is 0 Å². The molecule has 0 aliphatic heterocycles. The highest BCUT2D eigenvalue weighted by molar-refractivity contribution is 9.15. The molecular formula is C18H14Br2. The van der Waals surface area contributed by atoms with Crippen molar-refractivity contribution in [2.75, 3.05) is 0 Å². The summed E-state index contributed by atoms with van der Waals surface area (Å²) >= 11 is 7.50. The predicted octanol–water partition coefficient (Wildman–Crippen LogP) is 4.35. The molecule has 0 heterocycles. The number of benzene rings is 1. The number of rotatable bonds is 0. The van der Waals surface area contributed by atoms with Crippen molar-refractivity contribution in [1.82, 2.24) is 0 Å². The first kappa shape index (κ1) is 12.8. The normalized spacial score (nSPS) is 26.2. The lowest BCUT2D eigenvalue weighted by molar-refractivity contribution is 0.859. The summed E-state index contributed by atoms with van der Waals surface area (Å²) in [7, 11) is 0. The van der Waals surface area contributed by atoms with Gasteiger partial charge < -0.3 is 0 Å². The summed E-state index contributed by atoms with van der Waals surface area (Å²) in [6.07, 6.45) is 9.23. The van der Waals surface area contributed by atoms with Gasteiger partial charge in [0.15, 0.2) is 0 Å². The van der Waals surface area contributed by atoms with Crippen LogP contribution in [-0.4, -0.2) is 0 Å². The van der Waals surface area contributed by atoms with Crippen molar-refractivity contribution in [1.29, 1.82) is 0 Å². The molecule has 0 fully saturated rings. The second-order valence-corrected chi connectivity index (χ2v) is 7.55. The van der Waals surface area contributed by atoms with Gasteiger partial charge in [-0.1, -0.05) is 61.7 Å². The second-order valence-electron chi connectivity index (χ2n) is 5.78. The van der Waals surface area contributed by atoms with Crippen molar-refractivity contribution in [2.24, 2.45) is 0 Å². The van der Waals surface area contributed by atoms with E-state index in [1.807, 2.05) is 0 Å². The van der Waals surface area contributed by atoms with Crippen LogP contribution in [0.4, 0.5) is 0 Å². The average molecular weight is 390 g/mol. The molecule has 0 aromatic heterocycles. The van der Waals surface area contributed by atoms with E-state index in [4.69, 9.17) is 0 Å². The van der Waals surface area contributed by atoms with Gasteiger partial charge >= 0.3 is 0 Å². The van der Waals surface area contributed by atoms with Gasteiger partial charge in [-0.2, -0.15) is 0 Å². The first-order chi connectivity index (χ1) is 9.58. The van der Waals surface area contributed by atoms with E-state index in [9.17, 15) is 0 Å². The van der Waals surface area contributed by atoms with Crippen LogP contribution in [0.5, 0.6) is 0 Å². The van der Waals surface area contributed by atoms with Gasteiger partial charge in [0, 0.05) is 20.8 Å². The van der Waals surface area contributed by atoms with Crippen LogP contribution in [0, 0.1) is 0 Å². The van der Waals surface area contributed by atoms with Gasteiger partial charge in [-0.25, -0.2) is 0 Å². The Hall–Kier alpha value is -0.860. The van der Waals surface area contributed by atoms with Crippen LogP contribution >= 0.6 is 31.9 Å². The van der Waals surface area contributed by atoms with Gasteiger partial charge in [-0.3, -0.25) is 0 Å². The van der Waals surface area contributed by atoms with E-state index in [-0.39, 0.29) is 0 Å². The van der Waals surface area contributed by atoms with E-state index in [0.717, 1.165) is 0 Å². The van der Waals surface area contributed by atoms with E-state index >= 15 is 0 Å². The molecule has 0 saturated heterocycles. The Morgan fingerprint density at radius 1 is 0.850 bits per heavy atom. The molecule has 0 saturated carbocycles. The van der Waals surface area contributed by atoms with E-state index < -0.39 is 0 Å². The van der Waals surface area contributed by atoms with Gasteiger partial charge in [-0.15, -0.1) is 0 Å². The molecule has 20 heavy (non-hydrogen) atoms. The smallest absolute Gasteiger partial charge is 0.0345 e. The summed E-state index contributed by atoms with van der Waals surface area (Å²) in [6.45, 7) is 4.43. The highest BCUT2D eigenvalue weighted by atomic mass is 79.9. The van der Waals surface area contributed by atoms with Crippen molar-refractivity contribution in [3.63, 3.8) is 0 Å². The molecule has 2 heteroatoms. The first-order valence-corrected chi connectivity index (χ1v) is 8.43. The fraction of sp³-hybridized carbons (Fsp3) is 0.222. The Balaban J connectivity index is 2.23. The summed E-state index contributed by atoms with van der Waals surface area (Å²) in [6, 6.07) is 4.54. The van der Waals surface area contributed by atoms with Gasteiger partial charge in [0.05, 0.1) is 0 Å². The maximum Gasteiger partial charge on any atom is 0.0345 e. The fourth-order valence-corrected chi connectivity index (χ4v) is 5.06. The zero-order chi connectivity index (χ0) is 14.0. The minimum atomic E-state index is 0.381. The van der Waals surface area contributed by atoms with Gasteiger partial charge in [-0.05, 0) is 53.1 Å². The SMILES string of the molecule is CC1=CC(Br)=c2ccc3c4c2C1C=CC4C(Br)=CC=3C. The Kier molecular flexibility index (Phi) is 2.77. The van der Waals surface area contributed by atoms with E-state index in [0.29, 0.717) is 11.8 Å². The summed E-state index contributed by atoms with van der Waals surface area (Å²) in [5.74, 6) is 0.815. The van der Waals surface area contributed by atoms with E-state index in [1.165, 1.54) is 41.7 Å². The van der Waals surface area contributed by atoms with Crippen LogP contribution < -0.4 is 10.4 Å². The summed E-state index contributed by atoms with van der Waals surface area (Å²) in [5, 5.41) is 2.75. The van der Waals surface area contributed by atoms with Crippen LogP contribution in [-0.2, 0) is 0 Å². The summed E-state index contributed by atoms with van der Waals surface area (Å²) in [5.41, 5.74) is 5.75. The average Bonchev–Trinajstić information content (AvgIpc) is 2.42. The number of halogens is 2. The zero-order valence-corrected chi connectivity index (χ0v) is 14.5. The lowest BCUT2D eigenvalue weighted by Gasteiger charge is -2.32. The monoisotopic (exact) mass is 388 g/mol. The molecule has 0 spiro atoms. The molecule has 4 rings (SSSR count). The predicted molar refractivity (Wildman–Crippen MR) is 92.5 cm³/mol. The van der Waals surface area contributed by atoms with Crippen molar-refractivity contribution < 1.29 is 0 Å². The summed E-state index contributed by atoms with van der Waals surface area (Å²) < 4.78 is 2.48. The minimum absolute atomic E-state index is 0.381. The standard InChI is InChI=1S/C18H14Br2/c1-9-7-15(19)13-6-4-12-10(2)8-16(20)14-5-3-11(9)17(13)18(12)14/h3-8,11,14H,1-2H3. The van der Waals surface area contributed by atoms with Crippen molar-refractivity contribution >= 4 is 41.9 Å². The van der Waals surface area contributed by atoms with E-state index in [1.54, 1.807) is 0 Å². The lowest BCUT2D eigenvalue weighted by Crippen LogP contribution is -2.32. The highest BCUT2D eigenvalue weighted by Crippen LogP contribution is 2.43. The molecule has 2 unspecified atom stereocenters. The molecular weight excluding hydrogens is 376 g/mol. The lowest BCUT2D eigenvalue weighted by atomic mass is 9.73. The summed E-state index contributed by atoms with van der Waals surface area (Å²) in [4.78, 5) is 0. The van der Waals surface area contributed by atoms with Crippen LogP contribution in [0.25, 0.3) is 10.1 Å². The maximum absolute atomic E-state index is 3.76. The molecule has 0 radical (unpaired) electrons. The third kappa shape index (κ3) is 1.58. The molecule has 1 aromatic rings. The largest absolute Gasteiger partial charge is 0.0760 e. The molecule has 0 nitrogen and oxygen atoms in total. The molecule has 0 amide bonds.